The summed E-state index contributed by atoms with van der Waals surface area (Å²) in [4.78, 5) is 17.3. The van der Waals surface area contributed by atoms with E-state index in [1.54, 1.807) is 4.90 Å². The molecule has 0 aromatic heterocycles. The van der Waals surface area contributed by atoms with Crippen molar-refractivity contribution < 1.29 is 9.53 Å². The molecule has 0 bridgehead atoms. The van der Waals surface area contributed by atoms with Crippen LogP contribution in [-0.2, 0) is 9.53 Å². The number of carbonyl (C=O) groups excluding carboxylic acids is 1. The van der Waals surface area contributed by atoms with Crippen molar-refractivity contribution in [2.24, 2.45) is 0 Å². The maximum Gasteiger partial charge on any atom is 0.312 e. The number of likely N-dealkylation sites (N-methyl/N-ethyl adjacent to an activating group) is 1. The SMILES string of the molecule is CN1CCN(CC2COCCN2[C]=O)CC1. The Balaban J connectivity index is 1.80. The summed E-state index contributed by atoms with van der Waals surface area (Å²) in [5.74, 6) is 0. The summed E-state index contributed by atoms with van der Waals surface area (Å²) in [6.07, 6.45) is 2.02. The molecule has 1 unspecified atom stereocenters. The van der Waals surface area contributed by atoms with Gasteiger partial charge in [-0.1, -0.05) is 0 Å². The van der Waals surface area contributed by atoms with E-state index in [1.165, 1.54) is 0 Å². The fourth-order valence-corrected chi connectivity index (χ4v) is 2.25. The van der Waals surface area contributed by atoms with Crippen molar-refractivity contribution in [2.45, 2.75) is 6.04 Å². The molecule has 91 valence electrons. The molecule has 1 atom stereocenters. The summed E-state index contributed by atoms with van der Waals surface area (Å²) >= 11 is 0. The first-order valence-corrected chi connectivity index (χ1v) is 5.92. The van der Waals surface area contributed by atoms with Crippen molar-refractivity contribution in [3.8, 4) is 0 Å². The van der Waals surface area contributed by atoms with Crippen molar-refractivity contribution in [1.82, 2.24) is 14.7 Å². The minimum Gasteiger partial charge on any atom is -0.377 e. The van der Waals surface area contributed by atoms with Crippen molar-refractivity contribution >= 4 is 6.41 Å². The Bertz CT molecular complexity index is 229. The first-order valence-electron chi connectivity index (χ1n) is 5.92. The molecule has 0 aromatic carbocycles. The molecule has 0 aliphatic carbocycles. The van der Waals surface area contributed by atoms with Crippen LogP contribution in [0, 0.1) is 0 Å². The quantitative estimate of drug-likeness (QED) is 0.618. The van der Waals surface area contributed by atoms with E-state index in [4.69, 9.17) is 4.74 Å². The van der Waals surface area contributed by atoms with E-state index >= 15 is 0 Å². The Hall–Kier alpha value is -0.650. The van der Waals surface area contributed by atoms with Crippen LogP contribution >= 0.6 is 0 Å². The van der Waals surface area contributed by atoms with E-state index in [2.05, 4.69) is 16.8 Å². The third-order valence-corrected chi connectivity index (χ3v) is 3.41. The summed E-state index contributed by atoms with van der Waals surface area (Å²) < 4.78 is 5.42. The molecule has 1 amide bonds. The third-order valence-electron chi connectivity index (χ3n) is 3.41. The fourth-order valence-electron chi connectivity index (χ4n) is 2.25. The van der Waals surface area contributed by atoms with Crippen LogP contribution in [0.5, 0.6) is 0 Å². The smallest absolute Gasteiger partial charge is 0.312 e. The molecule has 2 heterocycles. The molecule has 0 aromatic rings. The number of piperazine rings is 1. The fraction of sp³-hybridized carbons (Fsp3) is 0.909. The van der Waals surface area contributed by atoms with E-state index in [-0.39, 0.29) is 6.04 Å². The molecule has 2 saturated heterocycles. The van der Waals surface area contributed by atoms with Gasteiger partial charge in [0.05, 0.1) is 19.3 Å². The zero-order chi connectivity index (χ0) is 11.4. The molecule has 16 heavy (non-hydrogen) atoms. The topological polar surface area (TPSA) is 36.0 Å². The molecule has 5 heteroatoms. The summed E-state index contributed by atoms with van der Waals surface area (Å²) in [6.45, 7) is 7.29. The van der Waals surface area contributed by atoms with Gasteiger partial charge in [-0.15, -0.1) is 0 Å². The lowest BCUT2D eigenvalue weighted by molar-refractivity contribution is 0.00586. The van der Waals surface area contributed by atoms with E-state index in [1.807, 2.05) is 6.41 Å². The van der Waals surface area contributed by atoms with Crippen molar-refractivity contribution in [2.75, 3.05) is 59.5 Å². The zero-order valence-electron chi connectivity index (χ0n) is 9.89. The van der Waals surface area contributed by atoms with Gasteiger partial charge >= 0.3 is 6.41 Å². The molecule has 2 aliphatic rings. The molecule has 0 N–H and O–H groups in total. The van der Waals surface area contributed by atoms with Gasteiger partial charge < -0.3 is 14.5 Å². The number of nitrogens with zero attached hydrogens (tertiary/aromatic N) is 3. The standard InChI is InChI=1S/C11H20N3O2/c1-12-2-4-13(5-3-12)8-11-9-16-7-6-14(11)10-15/h11H,2-9H2,1H3. The Kier molecular flexibility index (Phi) is 4.15. The number of hydrogen-bond donors (Lipinski definition) is 0. The minimum absolute atomic E-state index is 0.189. The van der Waals surface area contributed by atoms with E-state index < -0.39 is 0 Å². The predicted molar refractivity (Wildman–Crippen MR) is 60.9 cm³/mol. The Labute approximate surface area is 96.9 Å². The first-order chi connectivity index (χ1) is 7.79. The molecular formula is C11H20N3O2. The molecular weight excluding hydrogens is 206 g/mol. The maximum absolute atomic E-state index is 10.8. The van der Waals surface area contributed by atoms with Gasteiger partial charge in [0.2, 0.25) is 0 Å². The second kappa shape index (κ2) is 5.61. The third kappa shape index (κ3) is 2.93. The highest BCUT2D eigenvalue weighted by Crippen LogP contribution is 2.08. The van der Waals surface area contributed by atoms with E-state index in [9.17, 15) is 4.79 Å². The van der Waals surface area contributed by atoms with Crippen molar-refractivity contribution in [3.05, 3.63) is 0 Å². The van der Waals surface area contributed by atoms with Gasteiger partial charge in [-0.25, -0.2) is 0 Å². The second-order valence-electron chi connectivity index (χ2n) is 4.62. The van der Waals surface area contributed by atoms with Gasteiger partial charge in [-0.3, -0.25) is 9.69 Å². The molecule has 5 nitrogen and oxygen atoms in total. The first kappa shape index (κ1) is 11.8. The normalized spacial score (nSPS) is 29.3. The van der Waals surface area contributed by atoms with Crippen LogP contribution in [0.1, 0.15) is 0 Å². The lowest BCUT2D eigenvalue weighted by Gasteiger charge is -2.38. The number of rotatable bonds is 3. The van der Waals surface area contributed by atoms with Crippen LogP contribution in [0.3, 0.4) is 0 Å². The summed E-state index contributed by atoms with van der Waals surface area (Å²) in [5.41, 5.74) is 0. The maximum atomic E-state index is 10.8. The van der Waals surface area contributed by atoms with E-state index in [0.717, 1.165) is 32.7 Å². The average molecular weight is 226 g/mol. The van der Waals surface area contributed by atoms with Crippen molar-refractivity contribution in [1.29, 1.82) is 0 Å². The predicted octanol–water partition coefficient (Wildman–Crippen LogP) is -0.998. The van der Waals surface area contributed by atoms with Crippen LogP contribution in [-0.4, -0.2) is 86.7 Å². The Morgan fingerprint density at radius 2 is 2.00 bits per heavy atom. The number of hydrogen-bond acceptors (Lipinski definition) is 4. The van der Waals surface area contributed by atoms with Gasteiger partial charge in [-0.05, 0) is 7.05 Å². The van der Waals surface area contributed by atoms with Gasteiger partial charge in [0.1, 0.15) is 0 Å². The molecule has 2 aliphatic heterocycles. The molecule has 0 spiro atoms. The van der Waals surface area contributed by atoms with Gasteiger partial charge in [-0.2, -0.15) is 0 Å². The summed E-state index contributed by atoms with van der Waals surface area (Å²) in [6, 6.07) is 0.189. The highest BCUT2D eigenvalue weighted by molar-refractivity contribution is 5.49. The van der Waals surface area contributed by atoms with Crippen LogP contribution in [0.15, 0.2) is 0 Å². The second-order valence-corrected chi connectivity index (χ2v) is 4.62. The van der Waals surface area contributed by atoms with Gasteiger partial charge in [0.25, 0.3) is 0 Å². The van der Waals surface area contributed by atoms with Crippen LogP contribution in [0.25, 0.3) is 0 Å². The lowest BCUT2D eigenvalue weighted by atomic mass is 10.2. The molecule has 0 saturated carbocycles. The lowest BCUT2D eigenvalue weighted by Crippen LogP contribution is -2.54. The van der Waals surface area contributed by atoms with Crippen LogP contribution in [0.4, 0.5) is 0 Å². The summed E-state index contributed by atoms with van der Waals surface area (Å²) in [7, 11) is 2.15. The number of ether oxygens (including phenoxy) is 1. The molecule has 2 rings (SSSR count). The highest BCUT2D eigenvalue weighted by Gasteiger charge is 2.25. The highest BCUT2D eigenvalue weighted by atomic mass is 16.5. The minimum atomic E-state index is 0.189. The van der Waals surface area contributed by atoms with Crippen LogP contribution < -0.4 is 0 Å². The van der Waals surface area contributed by atoms with Crippen molar-refractivity contribution in [3.63, 3.8) is 0 Å². The number of amides is 1. The average Bonchev–Trinajstić information content (AvgIpc) is 2.33. The summed E-state index contributed by atoms with van der Waals surface area (Å²) in [5, 5.41) is 0. The van der Waals surface area contributed by atoms with Gasteiger partial charge in [0, 0.05) is 39.3 Å². The van der Waals surface area contributed by atoms with Gasteiger partial charge in [0.15, 0.2) is 0 Å². The monoisotopic (exact) mass is 226 g/mol. The molecule has 2 fully saturated rings. The Morgan fingerprint density at radius 1 is 1.25 bits per heavy atom. The Morgan fingerprint density at radius 3 is 2.69 bits per heavy atom. The zero-order valence-corrected chi connectivity index (χ0v) is 9.89. The molecule has 1 radical (unpaired) electrons. The van der Waals surface area contributed by atoms with Crippen LogP contribution in [0.2, 0.25) is 0 Å². The number of morpholine rings is 1. The van der Waals surface area contributed by atoms with E-state index in [0.29, 0.717) is 19.8 Å². The largest absolute Gasteiger partial charge is 0.377 e.